The van der Waals surface area contributed by atoms with Crippen LogP contribution in [0.1, 0.15) is 33.0 Å². The van der Waals surface area contributed by atoms with Gasteiger partial charge in [-0.1, -0.05) is 18.2 Å². The monoisotopic (exact) mass is 301 g/mol. The summed E-state index contributed by atoms with van der Waals surface area (Å²) in [5, 5.41) is 2.71. The van der Waals surface area contributed by atoms with Gasteiger partial charge in [-0.05, 0) is 39.3 Å². The third-order valence-electron chi connectivity index (χ3n) is 3.52. The van der Waals surface area contributed by atoms with Gasteiger partial charge in [-0.25, -0.2) is 4.79 Å². The highest BCUT2D eigenvalue weighted by molar-refractivity contribution is 5.97. The zero-order valence-corrected chi connectivity index (χ0v) is 13.1. The predicted molar refractivity (Wildman–Crippen MR) is 83.0 cm³/mol. The molecule has 5 heteroatoms. The second-order valence-corrected chi connectivity index (χ2v) is 5.15. The molecule has 0 aliphatic heterocycles. The highest BCUT2D eigenvalue weighted by Gasteiger charge is 2.20. The van der Waals surface area contributed by atoms with Crippen molar-refractivity contribution in [3.8, 4) is 0 Å². The zero-order chi connectivity index (χ0) is 16.3. The van der Waals surface area contributed by atoms with E-state index in [1.165, 1.54) is 0 Å². The minimum atomic E-state index is -0.549. The van der Waals surface area contributed by atoms with Gasteiger partial charge in [0, 0.05) is 11.3 Å². The van der Waals surface area contributed by atoms with Crippen molar-refractivity contribution in [2.24, 2.45) is 0 Å². The van der Waals surface area contributed by atoms with Gasteiger partial charge in [0.05, 0.1) is 0 Å². The minimum Gasteiger partial charge on any atom is -0.465 e. The van der Waals surface area contributed by atoms with E-state index in [0.29, 0.717) is 22.8 Å². The average Bonchev–Trinajstić information content (AvgIpc) is 2.72. The third kappa shape index (κ3) is 3.36. The lowest BCUT2D eigenvalue weighted by atomic mass is 10.1. The fraction of sp³-hybridized carbons (Fsp3) is 0.294. The van der Waals surface area contributed by atoms with Gasteiger partial charge in [0.2, 0.25) is 0 Å². The van der Waals surface area contributed by atoms with E-state index in [0.717, 1.165) is 11.1 Å². The largest absolute Gasteiger partial charge is 0.465 e. The van der Waals surface area contributed by atoms with Gasteiger partial charge in [0.25, 0.3) is 5.91 Å². The molecule has 0 unspecified atom stereocenters. The Labute approximate surface area is 129 Å². The van der Waals surface area contributed by atoms with Gasteiger partial charge < -0.3 is 14.5 Å². The first-order valence-electron chi connectivity index (χ1n) is 6.99. The Morgan fingerprint density at radius 1 is 1.09 bits per heavy atom. The molecule has 22 heavy (non-hydrogen) atoms. The van der Waals surface area contributed by atoms with E-state index in [2.05, 4.69) is 5.32 Å². The van der Waals surface area contributed by atoms with Gasteiger partial charge in [0.15, 0.2) is 6.61 Å². The van der Waals surface area contributed by atoms with E-state index in [1.807, 2.05) is 25.1 Å². The van der Waals surface area contributed by atoms with Crippen LogP contribution < -0.4 is 5.32 Å². The summed E-state index contributed by atoms with van der Waals surface area (Å²) in [5.41, 5.74) is 2.78. The summed E-state index contributed by atoms with van der Waals surface area (Å²) in [5.74, 6) is 0.248. The number of anilines is 1. The fourth-order valence-electron chi connectivity index (χ4n) is 2.20. The molecular formula is C17H19NO4. The number of aryl methyl sites for hydroxylation is 3. The Hall–Kier alpha value is -2.56. The molecule has 116 valence electrons. The molecule has 1 amide bonds. The lowest BCUT2D eigenvalue weighted by Gasteiger charge is -2.08. The molecule has 0 bridgehead atoms. The van der Waals surface area contributed by atoms with E-state index >= 15 is 0 Å². The Morgan fingerprint density at radius 3 is 2.36 bits per heavy atom. The van der Waals surface area contributed by atoms with Crippen LogP contribution in [0.3, 0.4) is 0 Å². The van der Waals surface area contributed by atoms with Gasteiger partial charge in [-0.15, -0.1) is 0 Å². The molecule has 0 atom stereocenters. The van der Waals surface area contributed by atoms with Crippen LogP contribution in [-0.4, -0.2) is 18.5 Å². The standard InChI is InChI=1S/C17H19NO4/c1-10-7-5-6-8-14(10)18-15(19)9-21-17(20)16-11(2)12(3)22-13(16)4/h5-8H,9H2,1-4H3,(H,18,19). The van der Waals surface area contributed by atoms with Gasteiger partial charge in [0.1, 0.15) is 17.1 Å². The molecule has 0 saturated heterocycles. The molecule has 0 radical (unpaired) electrons. The number of nitrogens with one attached hydrogen (secondary N) is 1. The summed E-state index contributed by atoms with van der Waals surface area (Å²) < 4.78 is 10.4. The normalized spacial score (nSPS) is 10.4. The molecule has 0 saturated carbocycles. The van der Waals surface area contributed by atoms with Crippen molar-refractivity contribution in [1.82, 2.24) is 0 Å². The maximum Gasteiger partial charge on any atom is 0.342 e. The molecule has 1 heterocycles. The number of hydrogen-bond donors (Lipinski definition) is 1. The minimum absolute atomic E-state index is 0.337. The molecule has 0 fully saturated rings. The van der Waals surface area contributed by atoms with E-state index < -0.39 is 5.97 Å². The first-order valence-corrected chi connectivity index (χ1v) is 6.99. The van der Waals surface area contributed by atoms with Crippen molar-refractivity contribution < 1.29 is 18.7 Å². The van der Waals surface area contributed by atoms with Crippen molar-refractivity contribution >= 4 is 17.6 Å². The summed E-state index contributed by atoms with van der Waals surface area (Å²) in [4.78, 5) is 23.9. The van der Waals surface area contributed by atoms with Gasteiger partial charge >= 0.3 is 5.97 Å². The molecule has 1 aromatic carbocycles. The summed E-state index contributed by atoms with van der Waals surface area (Å²) in [6, 6.07) is 7.40. The summed E-state index contributed by atoms with van der Waals surface area (Å²) in [7, 11) is 0. The number of esters is 1. The number of amides is 1. The van der Waals surface area contributed by atoms with Crippen molar-refractivity contribution in [3.05, 3.63) is 52.5 Å². The molecule has 0 aliphatic carbocycles. The third-order valence-corrected chi connectivity index (χ3v) is 3.52. The van der Waals surface area contributed by atoms with Crippen molar-refractivity contribution in [1.29, 1.82) is 0 Å². The zero-order valence-electron chi connectivity index (χ0n) is 13.1. The Bertz CT molecular complexity index is 715. The Kier molecular flexibility index (Phi) is 4.65. The lowest BCUT2D eigenvalue weighted by Crippen LogP contribution is -2.21. The van der Waals surface area contributed by atoms with Crippen LogP contribution in [0.25, 0.3) is 0 Å². The van der Waals surface area contributed by atoms with E-state index in [-0.39, 0.29) is 12.5 Å². The predicted octanol–water partition coefficient (Wildman–Crippen LogP) is 3.31. The SMILES string of the molecule is Cc1ccccc1NC(=O)COC(=O)c1c(C)oc(C)c1C. The highest BCUT2D eigenvalue weighted by Crippen LogP contribution is 2.21. The van der Waals surface area contributed by atoms with Crippen LogP contribution in [-0.2, 0) is 9.53 Å². The van der Waals surface area contributed by atoms with Crippen molar-refractivity contribution in [2.45, 2.75) is 27.7 Å². The van der Waals surface area contributed by atoms with Crippen LogP contribution in [0.4, 0.5) is 5.69 Å². The Balaban J connectivity index is 1.97. The smallest absolute Gasteiger partial charge is 0.342 e. The fourth-order valence-corrected chi connectivity index (χ4v) is 2.20. The molecule has 2 rings (SSSR count). The van der Waals surface area contributed by atoms with Crippen LogP contribution in [0.5, 0.6) is 0 Å². The molecule has 0 spiro atoms. The van der Waals surface area contributed by atoms with E-state index in [4.69, 9.17) is 9.15 Å². The number of rotatable bonds is 4. The van der Waals surface area contributed by atoms with E-state index in [1.54, 1.807) is 26.8 Å². The van der Waals surface area contributed by atoms with Crippen LogP contribution in [0.2, 0.25) is 0 Å². The number of para-hydroxylation sites is 1. The van der Waals surface area contributed by atoms with Crippen LogP contribution in [0.15, 0.2) is 28.7 Å². The van der Waals surface area contributed by atoms with Crippen LogP contribution in [0, 0.1) is 27.7 Å². The number of furan rings is 1. The summed E-state index contributed by atoms with van der Waals surface area (Å²) in [6.45, 7) is 6.82. The van der Waals surface area contributed by atoms with Gasteiger partial charge in [-0.3, -0.25) is 4.79 Å². The van der Waals surface area contributed by atoms with Gasteiger partial charge in [-0.2, -0.15) is 0 Å². The summed E-state index contributed by atoms with van der Waals surface area (Å²) in [6.07, 6.45) is 0. The second-order valence-electron chi connectivity index (χ2n) is 5.15. The number of carbonyl (C=O) groups is 2. The second kappa shape index (κ2) is 6.47. The molecular weight excluding hydrogens is 282 g/mol. The maximum atomic E-state index is 12.1. The molecule has 1 aromatic heterocycles. The quantitative estimate of drug-likeness (QED) is 0.880. The topological polar surface area (TPSA) is 68.5 Å². The maximum absolute atomic E-state index is 12.1. The molecule has 5 nitrogen and oxygen atoms in total. The first kappa shape index (κ1) is 15.8. The Morgan fingerprint density at radius 2 is 1.77 bits per heavy atom. The molecule has 0 aliphatic rings. The summed E-state index contributed by atoms with van der Waals surface area (Å²) >= 11 is 0. The number of ether oxygens (including phenoxy) is 1. The average molecular weight is 301 g/mol. The van der Waals surface area contributed by atoms with E-state index in [9.17, 15) is 9.59 Å². The number of carbonyl (C=O) groups excluding carboxylic acids is 2. The number of hydrogen-bond acceptors (Lipinski definition) is 4. The number of benzene rings is 1. The first-order chi connectivity index (χ1) is 10.4. The van der Waals surface area contributed by atoms with Crippen molar-refractivity contribution in [3.63, 3.8) is 0 Å². The highest BCUT2D eigenvalue weighted by atomic mass is 16.5. The molecule has 2 aromatic rings. The molecule has 1 N–H and O–H groups in total. The van der Waals surface area contributed by atoms with Crippen molar-refractivity contribution in [2.75, 3.05) is 11.9 Å². The van der Waals surface area contributed by atoms with Crippen LogP contribution >= 0.6 is 0 Å². The lowest BCUT2D eigenvalue weighted by molar-refractivity contribution is -0.119.